The number of aryl methyl sites for hydroxylation is 1. The first-order valence-corrected chi connectivity index (χ1v) is 5.86. The van der Waals surface area contributed by atoms with Gasteiger partial charge < -0.3 is 15.0 Å². The summed E-state index contributed by atoms with van der Waals surface area (Å²) in [6.45, 7) is 3.74. The molecule has 0 radical (unpaired) electrons. The van der Waals surface area contributed by atoms with Crippen molar-refractivity contribution in [3.8, 4) is 0 Å². The molecule has 1 fully saturated rings. The van der Waals surface area contributed by atoms with Gasteiger partial charge in [-0.05, 0) is 38.1 Å². The molecule has 2 atom stereocenters. The molecule has 1 aliphatic carbocycles. The number of hydrogen-bond donors (Lipinski definition) is 1. The molecule has 1 aliphatic rings. The quantitative estimate of drug-likeness (QED) is 0.816. The number of hydrogen-bond acceptors (Lipinski definition) is 5. The Labute approximate surface area is 95.3 Å². The van der Waals surface area contributed by atoms with E-state index in [1.165, 1.54) is 19.3 Å². The summed E-state index contributed by atoms with van der Waals surface area (Å²) in [5.41, 5.74) is 5.71. The van der Waals surface area contributed by atoms with Crippen LogP contribution in [0, 0.1) is 18.8 Å². The molecule has 0 spiro atoms. The molecule has 1 heterocycles. The Morgan fingerprint density at radius 3 is 2.94 bits per heavy atom. The normalized spacial score (nSPS) is 25.1. The zero-order valence-corrected chi connectivity index (χ0v) is 9.69. The van der Waals surface area contributed by atoms with Crippen LogP contribution in [-0.4, -0.2) is 23.3 Å². The molecule has 1 aromatic rings. The molecule has 5 heteroatoms. The molecule has 0 bridgehead atoms. The van der Waals surface area contributed by atoms with Crippen molar-refractivity contribution in [1.82, 2.24) is 10.1 Å². The third-order valence-electron chi connectivity index (χ3n) is 3.25. The van der Waals surface area contributed by atoms with Gasteiger partial charge in [0, 0.05) is 0 Å². The monoisotopic (exact) mass is 225 g/mol. The largest absolute Gasteiger partial charge is 0.371 e. The van der Waals surface area contributed by atoms with E-state index in [-0.39, 0.29) is 0 Å². The van der Waals surface area contributed by atoms with E-state index in [1.807, 2.05) is 0 Å². The number of nitrogens with zero attached hydrogens (tertiary/aromatic N) is 2. The van der Waals surface area contributed by atoms with E-state index in [4.69, 9.17) is 15.0 Å². The predicted molar refractivity (Wildman–Crippen MR) is 58.6 cm³/mol. The van der Waals surface area contributed by atoms with Crippen LogP contribution in [0.1, 0.15) is 31.0 Å². The van der Waals surface area contributed by atoms with Gasteiger partial charge in [-0.1, -0.05) is 11.6 Å². The van der Waals surface area contributed by atoms with Crippen molar-refractivity contribution in [2.75, 3.05) is 13.2 Å². The van der Waals surface area contributed by atoms with Crippen LogP contribution in [0.5, 0.6) is 0 Å². The van der Waals surface area contributed by atoms with Crippen LogP contribution in [0.4, 0.5) is 0 Å². The topological polar surface area (TPSA) is 74.2 Å². The number of ether oxygens (including phenoxy) is 1. The lowest BCUT2D eigenvalue weighted by atomic mass is 9.97. The summed E-state index contributed by atoms with van der Waals surface area (Å²) >= 11 is 0. The smallest absolute Gasteiger partial charge is 0.252 e. The Bertz CT molecular complexity index is 327. The van der Waals surface area contributed by atoms with E-state index in [0.717, 1.165) is 13.2 Å². The van der Waals surface area contributed by atoms with Gasteiger partial charge in [0.15, 0.2) is 5.82 Å². The van der Waals surface area contributed by atoms with Crippen LogP contribution < -0.4 is 5.73 Å². The summed E-state index contributed by atoms with van der Waals surface area (Å²) < 4.78 is 10.6. The first-order chi connectivity index (χ1) is 7.79. The van der Waals surface area contributed by atoms with E-state index in [0.29, 0.717) is 30.2 Å². The molecule has 16 heavy (non-hydrogen) atoms. The third-order valence-corrected chi connectivity index (χ3v) is 3.25. The van der Waals surface area contributed by atoms with Crippen molar-refractivity contribution in [2.45, 2.75) is 32.8 Å². The van der Waals surface area contributed by atoms with Crippen molar-refractivity contribution in [1.29, 1.82) is 0 Å². The molecule has 0 aliphatic heterocycles. The van der Waals surface area contributed by atoms with Gasteiger partial charge in [0.1, 0.15) is 6.61 Å². The number of aromatic nitrogens is 2. The fourth-order valence-electron chi connectivity index (χ4n) is 2.34. The first kappa shape index (κ1) is 11.5. The predicted octanol–water partition coefficient (Wildman–Crippen LogP) is 1.27. The van der Waals surface area contributed by atoms with Crippen LogP contribution in [0.3, 0.4) is 0 Å². The lowest BCUT2D eigenvalue weighted by Gasteiger charge is -2.16. The fourth-order valence-corrected chi connectivity index (χ4v) is 2.34. The highest BCUT2D eigenvalue weighted by Crippen LogP contribution is 2.31. The second kappa shape index (κ2) is 5.41. The van der Waals surface area contributed by atoms with Gasteiger partial charge in [-0.3, -0.25) is 0 Å². The summed E-state index contributed by atoms with van der Waals surface area (Å²) in [6.07, 6.45) is 3.74. The Hall–Kier alpha value is -0.940. The lowest BCUT2D eigenvalue weighted by Crippen LogP contribution is -2.22. The van der Waals surface area contributed by atoms with Crippen LogP contribution in [0.25, 0.3) is 0 Å². The second-order valence-electron chi connectivity index (χ2n) is 4.44. The highest BCUT2D eigenvalue weighted by atomic mass is 16.5. The SMILES string of the molecule is Cc1noc(COCC2CCCC2CN)n1. The highest BCUT2D eigenvalue weighted by molar-refractivity contribution is 4.81. The Balaban J connectivity index is 1.71. The van der Waals surface area contributed by atoms with E-state index in [1.54, 1.807) is 6.92 Å². The molecule has 2 N–H and O–H groups in total. The van der Waals surface area contributed by atoms with Crippen LogP contribution in [0.2, 0.25) is 0 Å². The van der Waals surface area contributed by atoms with E-state index < -0.39 is 0 Å². The van der Waals surface area contributed by atoms with Crippen LogP contribution in [-0.2, 0) is 11.3 Å². The summed E-state index contributed by atoms with van der Waals surface area (Å²) in [5, 5.41) is 3.71. The highest BCUT2D eigenvalue weighted by Gasteiger charge is 2.26. The minimum Gasteiger partial charge on any atom is -0.371 e. The van der Waals surface area contributed by atoms with Crippen LogP contribution in [0.15, 0.2) is 4.52 Å². The van der Waals surface area contributed by atoms with Gasteiger partial charge in [0.05, 0.1) is 6.61 Å². The van der Waals surface area contributed by atoms with Crippen molar-refractivity contribution in [3.63, 3.8) is 0 Å². The number of nitrogens with two attached hydrogens (primary N) is 1. The van der Waals surface area contributed by atoms with Gasteiger partial charge >= 0.3 is 0 Å². The molecular weight excluding hydrogens is 206 g/mol. The Kier molecular flexibility index (Phi) is 3.90. The average Bonchev–Trinajstić information content (AvgIpc) is 2.87. The maximum absolute atomic E-state index is 5.71. The summed E-state index contributed by atoms with van der Waals surface area (Å²) in [7, 11) is 0. The van der Waals surface area contributed by atoms with Gasteiger partial charge in [-0.15, -0.1) is 0 Å². The fraction of sp³-hybridized carbons (Fsp3) is 0.818. The maximum atomic E-state index is 5.71. The summed E-state index contributed by atoms with van der Waals surface area (Å²) in [6, 6.07) is 0. The summed E-state index contributed by atoms with van der Waals surface area (Å²) in [5.74, 6) is 2.44. The molecule has 1 aromatic heterocycles. The zero-order chi connectivity index (χ0) is 11.4. The molecule has 1 saturated carbocycles. The minimum atomic E-state index is 0.411. The van der Waals surface area contributed by atoms with Crippen molar-refractivity contribution >= 4 is 0 Å². The maximum Gasteiger partial charge on any atom is 0.252 e. The zero-order valence-electron chi connectivity index (χ0n) is 9.69. The van der Waals surface area contributed by atoms with Crippen LogP contribution >= 0.6 is 0 Å². The van der Waals surface area contributed by atoms with E-state index in [9.17, 15) is 0 Å². The van der Waals surface area contributed by atoms with Crippen molar-refractivity contribution in [2.24, 2.45) is 17.6 Å². The Morgan fingerprint density at radius 2 is 2.25 bits per heavy atom. The first-order valence-electron chi connectivity index (χ1n) is 5.86. The molecule has 0 saturated heterocycles. The molecule has 5 nitrogen and oxygen atoms in total. The Morgan fingerprint density at radius 1 is 1.44 bits per heavy atom. The number of rotatable bonds is 5. The van der Waals surface area contributed by atoms with Crippen molar-refractivity contribution in [3.05, 3.63) is 11.7 Å². The van der Waals surface area contributed by atoms with E-state index in [2.05, 4.69) is 10.1 Å². The minimum absolute atomic E-state index is 0.411. The molecule has 90 valence electrons. The molecule has 2 unspecified atom stereocenters. The average molecular weight is 225 g/mol. The van der Waals surface area contributed by atoms with Gasteiger partial charge in [-0.2, -0.15) is 4.98 Å². The van der Waals surface area contributed by atoms with E-state index >= 15 is 0 Å². The molecular formula is C11H19N3O2. The van der Waals surface area contributed by atoms with Gasteiger partial charge in [0.25, 0.3) is 5.89 Å². The molecule has 2 rings (SSSR count). The van der Waals surface area contributed by atoms with Gasteiger partial charge in [0.2, 0.25) is 0 Å². The van der Waals surface area contributed by atoms with Crippen molar-refractivity contribution < 1.29 is 9.26 Å². The van der Waals surface area contributed by atoms with Gasteiger partial charge in [-0.25, -0.2) is 0 Å². The second-order valence-corrected chi connectivity index (χ2v) is 4.44. The molecule has 0 amide bonds. The molecule has 0 aromatic carbocycles. The third kappa shape index (κ3) is 2.80. The summed E-state index contributed by atoms with van der Waals surface area (Å²) in [4.78, 5) is 4.09. The standard InChI is InChI=1S/C11H19N3O2/c1-8-13-11(16-14-8)7-15-6-10-4-2-3-9(10)5-12/h9-10H,2-7,12H2,1H3. The lowest BCUT2D eigenvalue weighted by molar-refractivity contribution is 0.0592.